The van der Waals surface area contributed by atoms with Crippen LogP contribution in [-0.4, -0.2) is 88.3 Å². The Labute approximate surface area is 196 Å². The smallest absolute Gasteiger partial charge is 0.191 e. The highest BCUT2D eigenvalue weighted by Gasteiger charge is 2.25. The summed E-state index contributed by atoms with van der Waals surface area (Å²) in [5.74, 6) is -0.267. The fourth-order valence-corrected chi connectivity index (χ4v) is 4.06. The number of rotatable bonds is 6. The van der Waals surface area contributed by atoms with E-state index in [0.29, 0.717) is 12.2 Å². The summed E-state index contributed by atoms with van der Waals surface area (Å²) in [6.45, 7) is 8.02. The van der Waals surface area contributed by atoms with Gasteiger partial charge in [-0.3, -0.25) is 4.99 Å². The van der Waals surface area contributed by atoms with Crippen molar-refractivity contribution in [1.29, 1.82) is 0 Å². The lowest BCUT2D eigenvalue weighted by atomic mass is 10.2. The van der Waals surface area contributed by atoms with Gasteiger partial charge in [0, 0.05) is 51.9 Å². The number of benzene rings is 1. The van der Waals surface area contributed by atoms with E-state index in [0.717, 1.165) is 57.6 Å². The van der Waals surface area contributed by atoms with Crippen LogP contribution in [0.25, 0.3) is 0 Å². The van der Waals surface area contributed by atoms with Crippen molar-refractivity contribution in [3.05, 3.63) is 29.8 Å². The third kappa shape index (κ3) is 7.49. The molecule has 1 atom stereocenters. The number of hydrogen-bond acceptors (Lipinski definition) is 4. The van der Waals surface area contributed by atoms with Crippen LogP contribution in [0.4, 0.5) is 14.5 Å². The fraction of sp³-hybridized carbons (Fsp3) is 0.667. The van der Waals surface area contributed by atoms with Gasteiger partial charge in [-0.15, -0.1) is 24.0 Å². The van der Waals surface area contributed by atoms with Crippen LogP contribution in [0.15, 0.2) is 23.2 Å². The molecule has 2 saturated heterocycles. The summed E-state index contributed by atoms with van der Waals surface area (Å²) in [5.41, 5.74) is 0.460. The Balaban J connectivity index is 0.00000320. The molecule has 0 saturated carbocycles. The first-order chi connectivity index (χ1) is 14.0. The highest BCUT2D eigenvalue weighted by Crippen LogP contribution is 2.24. The van der Waals surface area contributed by atoms with Gasteiger partial charge in [0.05, 0.1) is 5.69 Å². The van der Waals surface area contributed by atoms with Gasteiger partial charge in [-0.25, -0.2) is 8.78 Å². The van der Waals surface area contributed by atoms with E-state index in [1.165, 1.54) is 31.6 Å². The first kappa shape index (κ1) is 25.1. The van der Waals surface area contributed by atoms with Crippen LogP contribution in [0.2, 0.25) is 0 Å². The van der Waals surface area contributed by atoms with E-state index in [-0.39, 0.29) is 30.0 Å². The molecule has 170 valence electrons. The number of likely N-dealkylation sites (N-methyl/N-ethyl adjacent to an activating group) is 1. The van der Waals surface area contributed by atoms with Gasteiger partial charge in [0.2, 0.25) is 0 Å². The van der Waals surface area contributed by atoms with Gasteiger partial charge in [0.15, 0.2) is 5.96 Å². The predicted octanol–water partition coefficient (Wildman–Crippen LogP) is 2.35. The second-order valence-corrected chi connectivity index (χ2v) is 8.02. The number of nitrogens with zero attached hydrogens (tertiary/aromatic N) is 4. The molecule has 9 heteroatoms. The van der Waals surface area contributed by atoms with Crippen molar-refractivity contribution in [2.75, 3.05) is 71.4 Å². The third-order valence-corrected chi connectivity index (χ3v) is 5.76. The Morgan fingerprint density at radius 2 is 2.00 bits per heavy atom. The molecule has 2 aliphatic rings. The number of aliphatic imine (C=N–C) groups is 1. The summed E-state index contributed by atoms with van der Waals surface area (Å²) >= 11 is 0. The maximum atomic E-state index is 14.0. The Hall–Kier alpha value is -1.20. The van der Waals surface area contributed by atoms with Crippen molar-refractivity contribution in [1.82, 2.24) is 20.4 Å². The highest BCUT2D eigenvalue weighted by atomic mass is 127. The number of hydrogen-bond donors (Lipinski definition) is 2. The average molecular weight is 536 g/mol. The molecule has 2 N–H and O–H groups in total. The zero-order chi connectivity index (χ0) is 20.6. The molecule has 0 aromatic heterocycles. The van der Waals surface area contributed by atoms with Gasteiger partial charge >= 0.3 is 0 Å². The van der Waals surface area contributed by atoms with Gasteiger partial charge in [-0.2, -0.15) is 0 Å². The Kier molecular flexibility index (Phi) is 10.5. The molecule has 1 aromatic carbocycles. The van der Waals surface area contributed by atoms with Crippen LogP contribution in [0, 0.1) is 11.6 Å². The first-order valence-electron chi connectivity index (χ1n) is 10.6. The zero-order valence-electron chi connectivity index (χ0n) is 18.0. The second-order valence-electron chi connectivity index (χ2n) is 8.02. The van der Waals surface area contributed by atoms with Gasteiger partial charge < -0.3 is 25.3 Å². The molecule has 2 fully saturated rings. The quantitative estimate of drug-likeness (QED) is 0.253. The van der Waals surface area contributed by atoms with E-state index in [9.17, 15) is 8.78 Å². The van der Waals surface area contributed by atoms with Crippen LogP contribution in [0.5, 0.6) is 0 Å². The molecular formula is C21H35F2IN6. The molecule has 2 aliphatic heterocycles. The summed E-state index contributed by atoms with van der Waals surface area (Å²) < 4.78 is 27.2. The number of anilines is 1. The fourth-order valence-electron chi connectivity index (χ4n) is 4.06. The topological polar surface area (TPSA) is 46.1 Å². The Bertz CT molecular complexity index is 689. The van der Waals surface area contributed by atoms with Crippen molar-refractivity contribution < 1.29 is 8.78 Å². The molecular weight excluding hydrogens is 501 g/mol. The molecule has 30 heavy (non-hydrogen) atoms. The molecule has 3 rings (SSSR count). The van der Waals surface area contributed by atoms with Gasteiger partial charge in [0.25, 0.3) is 0 Å². The normalized spacial score (nSPS) is 21.3. The summed E-state index contributed by atoms with van der Waals surface area (Å²) in [6.07, 6.45) is 3.20. The lowest BCUT2D eigenvalue weighted by molar-refractivity contribution is 0.274. The monoisotopic (exact) mass is 536 g/mol. The summed E-state index contributed by atoms with van der Waals surface area (Å²) in [4.78, 5) is 11.2. The minimum Gasteiger partial charge on any atom is -0.367 e. The summed E-state index contributed by atoms with van der Waals surface area (Å²) in [7, 11) is 3.96. The molecule has 0 spiro atoms. The van der Waals surface area contributed by atoms with E-state index in [1.54, 1.807) is 7.05 Å². The maximum absolute atomic E-state index is 14.0. The lowest BCUT2D eigenvalue weighted by Gasteiger charge is -2.22. The largest absolute Gasteiger partial charge is 0.367 e. The van der Waals surface area contributed by atoms with Crippen LogP contribution >= 0.6 is 24.0 Å². The minimum absolute atomic E-state index is 0. The van der Waals surface area contributed by atoms with E-state index in [4.69, 9.17) is 0 Å². The average Bonchev–Trinajstić information content (AvgIpc) is 3.05. The van der Waals surface area contributed by atoms with Crippen molar-refractivity contribution in [2.24, 2.45) is 4.99 Å². The molecule has 1 unspecified atom stereocenters. The lowest BCUT2D eigenvalue weighted by Crippen LogP contribution is -2.45. The summed E-state index contributed by atoms with van der Waals surface area (Å²) in [5, 5.41) is 6.82. The maximum Gasteiger partial charge on any atom is 0.191 e. The molecule has 2 heterocycles. The van der Waals surface area contributed by atoms with E-state index in [2.05, 4.69) is 32.5 Å². The first-order valence-corrected chi connectivity index (χ1v) is 10.6. The Morgan fingerprint density at radius 1 is 1.17 bits per heavy atom. The van der Waals surface area contributed by atoms with Gasteiger partial charge in [0.1, 0.15) is 11.6 Å². The van der Waals surface area contributed by atoms with Crippen molar-refractivity contribution in [2.45, 2.75) is 25.3 Å². The second kappa shape index (κ2) is 12.6. The van der Waals surface area contributed by atoms with Crippen molar-refractivity contribution in [3.8, 4) is 0 Å². The highest BCUT2D eigenvalue weighted by molar-refractivity contribution is 14.0. The molecule has 6 nitrogen and oxygen atoms in total. The van der Waals surface area contributed by atoms with Crippen LogP contribution in [0.3, 0.4) is 0 Å². The number of nitrogens with one attached hydrogen (secondary N) is 2. The molecule has 1 aromatic rings. The third-order valence-electron chi connectivity index (χ3n) is 5.76. The zero-order valence-corrected chi connectivity index (χ0v) is 20.4. The van der Waals surface area contributed by atoms with E-state index < -0.39 is 11.6 Å². The van der Waals surface area contributed by atoms with E-state index >= 15 is 0 Å². The van der Waals surface area contributed by atoms with Crippen molar-refractivity contribution in [3.63, 3.8) is 0 Å². The number of guanidine groups is 1. The molecule has 0 amide bonds. The van der Waals surface area contributed by atoms with E-state index in [1.807, 2.05) is 4.90 Å². The molecule has 0 aliphatic carbocycles. The minimum atomic E-state index is -0.545. The van der Waals surface area contributed by atoms with Crippen molar-refractivity contribution >= 4 is 35.6 Å². The SMILES string of the molecule is CN=C(NCCCN1CCCN(C)CC1)NC1CCN(c2ccc(F)cc2F)C1.I. The Morgan fingerprint density at radius 3 is 2.77 bits per heavy atom. The van der Waals surface area contributed by atoms with Gasteiger partial charge in [-0.1, -0.05) is 0 Å². The summed E-state index contributed by atoms with van der Waals surface area (Å²) in [6, 6.07) is 3.95. The number of halogens is 3. The molecule has 0 radical (unpaired) electrons. The van der Waals surface area contributed by atoms with Crippen LogP contribution in [0.1, 0.15) is 19.3 Å². The molecule has 0 bridgehead atoms. The predicted molar refractivity (Wildman–Crippen MR) is 130 cm³/mol. The standard InChI is InChI=1S/C21H34F2N6.HI/c1-24-21(25-8-3-10-28-11-4-9-27(2)13-14-28)26-18-7-12-29(16-18)20-6-5-17(22)15-19(20)23;/h5-6,15,18H,3-4,7-14,16H2,1-2H3,(H2,24,25,26);1H. The van der Waals surface area contributed by atoms with Crippen LogP contribution in [-0.2, 0) is 0 Å². The van der Waals surface area contributed by atoms with Crippen LogP contribution < -0.4 is 15.5 Å². The van der Waals surface area contributed by atoms with Gasteiger partial charge in [-0.05, 0) is 58.1 Å².